The molecule has 1 saturated carbocycles. The van der Waals surface area contributed by atoms with Crippen LogP contribution in [0.25, 0.3) is 11.0 Å². The quantitative estimate of drug-likeness (QED) is 0.262. The van der Waals surface area contributed by atoms with Crippen molar-refractivity contribution in [3.05, 3.63) is 60.2 Å². The zero-order valence-electron chi connectivity index (χ0n) is 25.6. The first-order valence-electron chi connectivity index (χ1n) is 15.9. The van der Waals surface area contributed by atoms with Crippen LogP contribution in [0.2, 0.25) is 0 Å². The molecule has 0 bridgehead atoms. The summed E-state index contributed by atoms with van der Waals surface area (Å²) in [7, 11) is 0. The second-order valence-electron chi connectivity index (χ2n) is 11.8. The number of rotatable bonds is 14. The highest BCUT2D eigenvalue weighted by atomic mass is 16.5. The van der Waals surface area contributed by atoms with Crippen molar-refractivity contribution < 1.29 is 28.7 Å². The third-order valence-electron chi connectivity index (χ3n) is 8.56. The van der Waals surface area contributed by atoms with Crippen LogP contribution in [-0.4, -0.2) is 82.4 Å². The van der Waals surface area contributed by atoms with Gasteiger partial charge in [-0.2, -0.15) is 0 Å². The van der Waals surface area contributed by atoms with Crippen LogP contribution < -0.4 is 10.6 Å². The normalized spacial score (nSPS) is 17.0. The summed E-state index contributed by atoms with van der Waals surface area (Å²) in [5, 5.41) is 13.7. The topological polar surface area (TPSA) is 145 Å². The van der Waals surface area contributed by atoms with Crippen LogP contribution in [0.15, 0.2) is 54.6 Å². The van der Waals surface area contributed by atoms with Gasteiger partial charge in [-0.25, -0.2) is 9.48 Å². The predicted molar refractivity (Wildman–Crippen MR) is 166 cm³/mol. The molecule has 12 heteroatoms. The Balaban J connectivity index is 1.27. The van der Waals surface area contributed by atoms with Gasteiger partial charge in [0.25, 0.3) is 5.91 Å². The molecular weight excluding hydrogens is 576 g/mol. The van der Waals surface area contributed by atoms with E-state index in [9.17, 15) is 19.2 Å². The van der Waals surface area contributed by atoms with E-state index in [0.717, 1.165) is 31.2 Å². The first-order chi connectivity index (χ1) is 22.0. The fraction of sp³-hybridized carbons (Fsp3) is 0.515. The van der Waals surface area contributed by atoms with E-state index in [4.69, 9.17) is 9.47 Å². The number of morpholine rings is 1. The highest BCUT2D eigenvalue weighted by Gasteiger charge is 2.33. The fourth-order valence-corrected chi connectivity index (χ4v) is 5.99. The lowest BCUT2D eigenvalue weighted by molar-refractivity contribution is -0.143. The van der Waals surface area contributed by atoms with Gasteiger partial charge in [0.05, 0.1) is 43.9 Å². The fourth-order valence-electron chi connectivity index (χ4n) is 5.99. The molecule has 2 N–H and O–H groups in total. The van der Waals surface area contributed by atoms with Gasteiger partial charge in [0.1, 0.15) is 12.2 Å². The van der Waals surface area contributed by atoms with Gasteiger partial charge in [0, 0.05) is 19.5 Å². The number of carbonyl (C=O) groups is 4. The Bertz CT molecular complexity index is 1430. The van der Waals surface area contributed by atoms with E-state index >= 15 is 0 Å². The molecule has 2 heterocycles. The van der Waals surface area contributed by atoms with E-state index in [1.165, 1.54) is 11.1 Å². The molecule has 2 aliphatic rings. The third-order valence-corrected chi connectivity index (χ3v) is 8.56. The largest absolute Gasteiger partial charge is 0.378 e. The molecule has 1 aliphatic carbocycles. The molecule has 0 spiro atoms. The minimum atomic E-state index is -1.03. The number of urea groups is 1. The summed E-state index contributed by atoms with van der Waals surface area (Å²) >= 11 is 0. The Morgan fingerprint density at radius 1 is 0.956 bits per heavy atom. The van der Waals surface area contributed by atoms with Gasteiger partial charge in [-0.05, 0) is 30.0 Å². The average molecular weight is 619 g/mol. The summed E-state index contributed by atoms with van der Waals surface area (Å²) in [5.41, 5.74) is 2.29. The predicted octanol–water partition coefficient (Wildman–Crippen LogP) is 3.25. The van der Waals surface area contributed by atoms with Crippen molar-refractivity contribution in [2.75, 3.05) is 32.9 Å². The monoisotopic (exact) mass is 618 g/mol. The first-order valence-corrected chi connectivity index (χ1v) is 15.9. The molecule has 1 unspecified atom stereocenters. The van der Waals surface area contributed by atoms with E-state index in [1.54, 1.807) is 11.0 Å². The third kappa shape index (κ3) is 9.18. The summed E-state index contributed by atoms with van der Waals surface area (Å²) in [5.74, 6) is -2.59. The Hall–Kier alpha value is -4.16. The van der Waals surface area contributed by atoms with Crippen LogP contribution in [0, 0.1) is 11.8 Å². The number of aromatic nitrogens is 3. The lowest BCUT2D eigenvalue weighted by atomic mass is 9.82. The molecule has 5 rings (SSSR count). The number of fused-ring (bicyclic) bond motifs is 1. The van der Waals surface area contributed by atoms with Crippen LogP contribution in [0.5, 0.6) is 0 Å². The number of hydrogen-bond donors (Lipinski definition) is 2. The molecule has 1 saturated heterocycles. The molecule has 2 aromatic carbocycles. The van der Waals surface area contributed by atoms with E-state index in [2.05, 4.69) is 20.9 Å². The van der Waals surface area contributed by atoms with Crippen molar-refractivity contribution in [2.45, 2.75) is 64.3 Å². The van der Waals surface area contributed by atoms with Gasteiger partial charge in [0.15, 0.2) is 5.78 Å². The Morgan fingerprint density at radius 2 is 1.69 bits per heavy atom. The average Bonchev–Trinajstić information content (AvgIpc) is 3.50. The van der Waals surface area contributed by atoms with E-state index in [1.807, 2.05) is 48.5 Å². The molecule has 3 amide bonds. The molecule has 45 heavy (non-hydrogen) atoms. The Kier molecular flexibility index (Phi) is 11.6. The number of nitrogens with zero attached hydrogens (tertiary/aromatic N) is 4. The lowest BCUT2D eigenvalue weighted by Crippen LogP contribution is -2.52. The van der Waals surface area contributed by atoms with Crippen molar-refractivity contribution in [1.29, 1.82) is 0 Å². The van der Waals surface area contributed by atoms with Gasteiger partial charge in [0.2, 0.25) is 5.78 Å². The molecule has 2 atom stereocenters. The van der Waals surface area contributed by atoms with Crippen molar-refractivity contribution in [3.63, 3.8) is 0 Å². The molecule has 3 aromatic rings. The number of para-hydroxylation sites is 1. The smallest absolute Gasteiger partial charge is 0.318 e. The number of Topliss-reactive ketones (excluding diaryl/α,β-unsaturated/α-hetero) is 2. The highest BCUT2D eigenvalue weighted by molar-refractivity contribution is 6.37. The van der Waals surface area contributed by atoms with Gasteiger partial charge in [-0.1, -0.05) is 79.8 Å². The highest BCUT2D eigenvalue weighted by Crippen LogP contribution is 2.28. The molecule has 1 aromatic heterocycles. The SMILES string of the molecule is O=C(NCn1nnc2ccccc21)C(=O)C(COCc1ccccc1)CC(=O)[C@H](CC1CCCCC1)NC(=O)N1CCOCC1. The summed E-state index contributed by atoms with van der Waals surface area (Å²) in [4.78, 5) is 55.3. The van der Waals surface area contributed by atoms with Gasteiger partial charge < -0.3 is 25.0 Å². The summed E-state index contributed by atoms with van der Waals surface area (Å²) < 4.78 is 12.7. The van der Waals surface area contributed by atoms with Gasteiger partial charge in [-0.3, -0.25) is 14.4 Å². The second-order valence-corrected chi connectivity index (χ2v) is 11.8. The number of benzene rings is 2. The van der Waals surface area contributed by atoms with E-state index in [0.29, 0.717) is 49.7 Å². The maximum Gasteiger partial charge on any atom is 0.318 e. The summed E-state index contributed by atoms with van der Waals surface area (Å²) in [6.07, 6.45) is 5.64. The second kappa shape index (κ2) is 16.2. The van der Waals surface area contributed by atoms with Crippen molar-refractivity contribution >= 4 is 34.5 Å². The Morgan fingerprint density at radius 3 is 2.47 bits per heavy atom. The lowest BCUT2D eigenvalue weighted by Gasteiger charge is -2.31. The zero-order valence-corrected chi connectivity index (χ0v) is 25.6. The van der Waals surface area contributed by atoms with Crippen LogP contribution in [0.3, 0.4) is 0 Å². The van der Waals surface area contributed by atoms with Crippen LogP contribution in [0.4, 0.5) is 4.79 Å². The molecule has 1 aliphatic heterocycles. The van der Waals surface area contributed by atoms with Crippen LogP contribution >= 0.6 is 0 Å². The first kappa shape index (κ1) is 32.2. The maximum absolute atomic E-state index is 13.9. The minimum absolute atomic E-state index is 0.0590. The number of amides is 3. The van der Waals surface area contributed by atoms with Crippen LogP contribution in [0.1, 0.15) is 50.5 Å². The number of ketones is 2. The molecular formula is C33H42N6O6. The standard InChI is InChI=1S/C33H42N6O6/c40-30(28(19-24-9-3-1-4-10-24)35-33(43)38-15-17-44-18-16-38)20-26(22-45-21-25-11-5-2-6-12-25)31(41)32(42)34-23-39-29-14-8-7-13-27(29)36-37-39/h2,5-8,11-14,24,26,28H,1,3-4,9-10,15-23H2,(H,34,42)(H,35,43)/t26?,28-/m0/s1. The maximum atomic E-state index is 13.9. The number of ether oxygens (including phenoxy) is 2. The molecule has 12 nitrogen and oxygen atoms in total. The Labute approximate surface area is 262 Å². The van der Waals surface area contributed by atoms with Gasteiger partial charge >= 0.3 is 6.03 Å². The van der Waals surface area contributed by atoms with E-state index in [-0.39, 0.29) is 38.1 Å². The minimum Gasteiger partial charge on any atom is -0.378 e. The molecule has 240 valence electrons. The molecule has 0 radical (unpaired) electrons. The number of hydrogen-bond acceptors (Lipinski definition) is 8. The zero-order chi connectivity index (χ0) is 31.4. The van der Waals surface area contributed by atoms with E-state index < -0.39 is 23.7 Å². The van der Waals surface area contributed by atoms with Crippen molar-refractivity contribution in [2.24, 2.45) is 11.8 Å². The van der Waals surface area contributed by atoms with Crippen molar-refractivity contribution in [3.8, 4) is 0 Å². The van der Waals surface area contributed by atoms with Crippen LogP contribution in [-0.2, 0) is 37.1 Å². The van der Waals surface area contributed by atoms with Gasteiger partial charge in [-0.15, -0.1) is 5.10 Å². The summed E-state index contributed by atoms with van der Waals surface area (Å²) in [6, 6.07) is 15.7. The molecule has 2 fully saturated rings. The van der Waals surface area contributed by atoms with Crippen molar-refractivity contribution in [1.82, 2.24) is 30.5 Å². The summed E-state index contributed by atoms with van der Waals surface area (Å²) in [6.45, 7) is 1.85. The number of nitrogens with one attached hydrogen (secondary N) is 2. The number of carbonyl (C=O) groups excluding carboxylic acids is 4.